The van der Waals surface area contributed by atoms with E-state index in [0.717, 1.165) is 18.1 Å². The normalized spacial score (nSPS) is 13.8. The zero-order valence-electron chi connectivity index (χ0n) is 16.9. The molecule has 1 unspecified atom stereocenters. The molecule has 1 atom stereocenters. The van der Waals surface area contributed by atoms with E-state index < -0.39 is 0 Å². The van der Waals surface area contributed by atoms with Gasteiger partial charge in [0.05, 0.1) is 13.3 Å². The van der Waals surface area contributed by atoms with Crippen molar-refractivity contribution in [3.05, 3.63) is 6.33 Å². The van der Waals surface area contributed by atoms with Crippen LogP contribution in [0.4, 0.5) is 11.5 Å². The fourth-order valence-corrected chi connectivity index (χ4v) is 3.57. The van der Waals surface area contributed by atoms with Crippen molar-refractivity contribution < 1.29 is 4.74 Å². The van der Waals surface area contributed by atoms with Gasteiger partial charge in [-0.1, -0.05) is 78.1 Å². The number of hydrogen-bond acceptors (Lipinski definition) is 5. The maximum atomic E-state index is 6.11. The Labute approximate surface area is 159 Å². The van der Waals surface area contributed by atoms with Gasteiger partial charge in [0.1, 0.15) is 12.0 Å². The Balaban J connectivity index is 1.76. The van der Waals surface area contributed by atoms with E-state index in [2.05, 4.69) is 34.4 Å². The average Bonchev–Trinajstić information content (AvgIpc) is 3.14. The van der Waals surface area contributed by atoms with E-state index >= 15 is 0 Å². The summed E-state index contributed by atoms with van der Waals surface area (Å²) in [6.07, 6.45) is 17.6. The Hall–Kier alpha value is -1.52. The second kappa shape index (κ2) is 12.8. The van der Waals surface area contributed by atoms with E-state index in [1.807, 2.05) is 0 Å². The minimum atomic E-state index is 0.637. The van der Waals surface area contributed by atoms with Crippen molar-refractivity contribution in [3.63, 3.8) is 0 Å². The van der Waals surface area contributed by atoms with Crippen molar-refractivity contribution in [2.75, 3.05) is 23.9 Å². The van der Waals surface area contributed by atoms with Crippen molar-refractivity contribution in [2.45, 2.75) is 90.9 Å². The third-order valence-corrected chi connectivity index (χ3v) is 5.22. The van der Waals surface area contributed by atoms with Crippen LogP contribution in [0.1, 0.15) is 90.9 Å². The highest BCUT2D eigenvalue weighted by Gasteiger charge is 2.18. The van der Waals surface area contributed by atoms with Gasteiger partial charge in [0.2, 0.25) is 5.88 Å². The van der Waals surface area contributed by atoms with Gasteiger partial charge in [-0.2, -0.15) is 4.98 Å². The van der Waals surface area contributed by atoms with E-state index in [0.29, 0.717) is 18.5 Å². The molecule has 0 aromatic carbocycles. The lowest BCUT2D eigenvalue weighted by atomic mass is 9.95. The van der Waals surface area contributed by atoms with Crippen molar-refractivity contribution in [1.29, 1.82) is 0 Å². The molecule has 1 aliphatic heterocycles. The first-order chi connectivity index (χ1) is 12.8. The molecule has 5 nitrogen and oxygen atoms in total. The van der Waals surface area contributed by atoms with E-state index in [9.17, 15) is 0 Å². The lowest BCUT2D eigenvalue weighted by molar-refractivity contribution is 0.218. The molecule has 2 N–H and O–H groups in total. The third-order valence-electron chi connectivity index (χ3n) is 5.22. The molecule has 0 saturated carbocycles. The summed E-state index contributed by atoms with van der Waals surface area (Å²) in [6, 6.07) is 0. The topological polar surface area (TPSA) is 59.1 Å². The zero-order chi connectivity index (χ0) is 18.5. The number of anilines is 2. The number of aromatic nitrogens is 2. The van der Waals surface area contributed by atoms with Gasteiger partial charge < -0.3 is 15.4 Å². The van der Waals surface area contributed by atoms with Crippen LogP contribution in [0.5, 0.6) is 5.88 Å². The Morgan fingerprint density at radius 1 is 0.885 bits per heavy atom. The summed E-state index contributed by atoms with van der Waals surface area (Å²) in [6.45, 7) is 6.01. The third kappa shape index (κ3) is 7.38. The highest BCUT2D eigenvalue weighted by Crippen LogP contribution is 2.32. The van der Waals surface area contributed by atoms with Gasteiger partial charge >= 0.3 is 0 Å². The summed E-state index contributed by atoms with van der Waals surface area (Å²) in [5, 5.41) is 6.46. The van der Waals surface area contributed by atoms with Gasteiger partial charge in [-0.15, -0.1) is 0 Å². The van der Waals surface area contributed by atoms with Crippen LogP contribution in [0.15, 0.2) is 6.33 Å². The summed E-state index contributed by atoms with van der Waals surface area (Å²) in [7, 11) is 0. The maximum absolute atomic E-state index is 6.11. The first-order valence-electron chi connectivity index (χ1n) is 10.8. The van der Waals surface area contributed by atoms with Crippen molar-refractivity contribution in [3.8, 4) is 5.88 Å². The molecular weight excluding hydrogens is 324 g/mol. The second-order valence-corrected chi connectivity index (χ2v) is 7.52. The SMILES string of the molecule is CCCCCCCCC(CCCCCC)COc1ncnc2c1NCN2. The van der Waals surface area contributed by atoms with Crippen LogP contribution >= 0.6 is 0 Å². The van der Waals surface area contributed by atoms with Gasteiger partial charge in [-0.25, -0.2) is 4.98 Å². The number of nitrogens with zero attached hydrogens (tertiary/aromatic N) is 2. The largest absolute Gasteiger partial charge is 0.476 e. The summed E-state index contributed by atoms with van der Waals surface area (Å²) in [5.41, 5.74) is 0.914. The molecule has 0 fully saturated rings. The fourth-order valence-electron chi connectivity index (χ4n) is 3.57. The van der Waals surface area contributed by atoms with E-state index in [-0.39, 0.29) is 0 Å². The fraction of sp³-hybridized carbons (Fsp3) is 0.810. The minimum Gasteiger partial charge on any atom is -0.476 e. The van der Waals surface area contributed by atoms with Gasteiger partial charge in [0.25, 0.3) is 0 Å². The number of hydrogen-bond donors (Lipinski definition) is 2. The smallest absolute Gasteiger partial charge is 0.242 e. The number of fused-ring (bicyclic) bond motifs is 1. The first kappa shape index (κ1) is 20.8. The minimum absolute atomic E-state index is 0.637. The molecule has 148 valence electrons. The standard InChI is InChI=1S/C21H38N4O/c1-3-5-7-9-10-12-14-18(13-11-8-6-4-2)15-26-21-19-20(23-16-22-19)24-17-25-21/h17-18,22H,3-16H2,1-2H3,(H,23,24,25). The zero-order valence-corrected chi connectivity index (χ0v) is 16.9. The molecular formula is C21H38N4O. The van der Waals surface area contributed by atoms with E-state index in [1.54, 1.807) is 6.33 Å². The number of nitrogens with one attached hydrogen (secondary N) is 2. The highest BCUT2D eigenvalue weighted by molar-refractivity contribution is 5.73. The molecule has 0 aliphatic carbocycles. The van der Waals surface area contributed by atoms with Gasteiger partial charge in [-0.3, -0.25) is 0 Å². The van der Waals surface area contributed by atoms with Crippen LogP contribution < -0.4 is 15.4 Å². The molecule has 2 heterocycles. The number of rotatable bonds is 15. The monoisotopic (exact) mass is 362 g/mol. The van der Waals surface area contributed by atoms with Crippen molar-refractivity contribution >= 4 is 11.5 Å². The van der Waals surface area contributed by atoms with Gasteiger partial charge in [-0.05, 0) is 18.8 Å². The molecule has 0 saturated heterocycles. The Morgan fingerprint density at radius 3 is 2.27 bits per heavy atom. The predicted octanol–water partition coefficient (Wildman–Crippen LogP) is 5.99. The lowest BCUT2D eigenvalue weighted by Crippen LogP contribution is -2.14. The summed E-state index contributed by atoms with van der Waals surface area (Å²) >= 11 is 0. The highest BCUT2D eigenvalue weighted by atomic mass is 16.5. The van der Waals surface area contributed by atoms with E-state index in [1.165, 1.54) is 77.0 Å². The average molecular weight is 363 g/mol. The van der Waals surface area contributed by atoms with Crippen molar-refractivity contribution in [2.24, 2.45) is 5.92 Å². The molecule has 0 radical (unpaired) electrons. The predicted molar refractivity (Wildman–Crippen MR) is 110 cm³/mol. The second-order valence-electron chi connectivity index (χ2n) is 7.52. The summed E-state index contributed by atoms with van der Waals surface area (Å²) in [4.78, 5) is 8.56. The molecule has 0 bridgehead atoms. The first-order valence-corrected chi connectivity index (χ1v) is 10.8. The van der Waals surface area contributed by atoms with E-state index in [4.69, 9.17) is 4.74 Å². The van der Waals surface area contributed by atoms with Gasteiger partial charge in [0.15, 0.2) is 5.82 Å². The Morgan fingerprint density at radius 2 is 1.54 bits per heavy atom. The summed E-state index contributed by atoms with van der Waals surface area (Å²) in [5.74, 6) is 2.19. The maximum Gasteiger partial charge on any atom is 0.242 e. The molecule has 5 heteroatoms. The Bertz CT molecular complexity index is 495. The molecule has 0 amide bonds. The Kier molecular flexibility index (Phi) is 10.2. The lowest BCUT2D eigenvalue weighted by Gasteiger charge is -2.18. The molecule has 0 spiro atoms. The molecule has 2 rings (SSSR count). The number of unbranched alkanes of at least 4 members (excludes halogenated alkanes) is 8. The van der Waals surface area contributed by atoms with Crippen LogP contribution in [0.25, 0.3) is 0 Å². The van der Waals surface area contributed by atoms with Crippen LogP contribution in [0.3, 0.4) is 0 Å². The van der Waals surface area contributed by atoms with Crippen molar-refractivity contribution in [1.82, 2.24) is 9.97 Å². The van der Waals surface area contributed by atoms with Crippen LogP contribution in [-0.2, 0) is 0 Å². The molecule has 1 aliphatic rings. The molecule has 26 heavy (non-hydrogen) atoms. The van der Waals surface area contributed by atoms with Crippen LogP contribution in [0.2, 0.25) is 0 Å². The number of ether oxygens (including phenoxy) is 1. The molecule has 1 aromatic rings. The van der Waals surface area contributed by atoms with Crippen LogP contribution in [-0.4, -0.2) is 23.2 Å². The van der Waals surface area contributed by atoms with Crippen LogP contribution in [0, 0.1) is 5.92 Å². The quantitative estimate of drug-likeness (QED) is 0.375. The molecule has 1 aromatic heterocycles. The summed E-state index contributed by atoms with van der Waals surface area (Å²) < 4.78 is 6.11. The van der Waals surface area contributed by atoms with Gasteiger partial charge in [0, 0.05) is 0 Å².